The predicted octanol–water partition coefficient (Wildman–Crippen LogP) is 2.11. The lowest BCUT2D eigenvalue weighted by molar-refractivity contribution is -0.143. The number of fused-ring (bicyclic) bond motifs is 2. The van der Waals surface area contributed by atoms with Crippen LogP contribution in [0, 0.1) is 0 Å². The zero-order valence-corrected chi connectivity index (χ0v) is 26.9. The molecule has 14 nitrogen and oxygen atoms in total. The van der Waals surface area contributed by atoms with Gasteiger partial charge in [0.2, 0.25) is 17.7 Å². The molecule has 0 fully saturated rings. The Balaban J connectivity index is 1.39. The van der Waals surface area contributed by atoms with Gasteiger partial charge >= 0.3 is 11.9 Å². The highest BCUT2D eigenvalue weighted by molar-refractivity contribution is 5.95. The second kappa shape index (κ2) is 15.8. The van der Waals surface area contributed by atoms with Gasteiger partial charge in [0.15, 0.2) is 0 Å². The zero-order chi connectivity index (χ0) is 35.8. The number of hydrogen-bond acceptors (Lipinski definition) is 7. The van der Waals surface area contributed by atoms with Crippen molar-refractivity contribution in [1.82, 2.24) is 25.9 Å². The Bertz CT molecular complexity index is 2000. The van der Waals surface area contributed by atoms with Crippen LogP contribution in [-0.2, 0) is 43.2 Å². The maximum atomic E-state index is 14.1. The molecule has 4 atom stereocenters. The molecule has 0 aliphatic rings. The van der Waals surface area contributed by atoms with Crippen LogP contribution < -0.4 is 21.7 Å². The number of carbonyl (C=O) groups excluding carboxylic acids is 3. The summed E-state index contributed by atoms with van der Waals surface area (Å²) in [6, 6.07) is 15.7. The molecule has 0 spiro atoms. The fraction of sp³-hybridized carbons (Fsp3) is 0.250. The largest absolute Gasteiger partial charge is 0.508 e. The first kappa shape index (κ1) is 35.2. The van der Waals surface area contributed by atoms with Crippen molar-refractivity contribution in [1.29, 1.82) is 0 Å². The van der Waals surface area contributed by atoms with E-state index >= 15 is 0 Å². The summed E-state index contributed by atoms with van der Waals surface area (Å²) in [5.74, 6) is -4.92. The van der Waals surface area contributed by atoms with Gasteiger partial charge in [-0.1, -0.05) is 48.5 Å². The number of aliphatic carboxylic acids is 2. The Labute approximate surface area is 286 Å². The lowest BCUT2D eigenvalue weighted by Gasteiger charge is -2.25. The molecule has 0 aliphatic heterocycles. The molecule has 50 heavy (non-hydrogen) atoms. The second-order valence-electron chi connectivity index (χ2n) is 12.1. The average molecular weight is 683 g/mol. The normalized spacial score (nSPS) is 13.6. The Kier molecular flexibility index (Phi) is 11.1. The maximum absolute atomic E-state index is 14.1. The standard InChI is InChI=1S/C36H38N6O8/c37-26(16-21-18-38-27-7-3-1-5-24(21)27)33(46)41-31(17-22-19-39-28-8-4-2-6-25(22)28)35(48)42-30(15-20-9-11-23(43)12-10-20)34(47)40-29(36(49)50)13-14-32(44)45/h1-12,18-19,26,29-31,38-39,43H,13-17,37H2,(H,40,47)(H,41,46)(H,42,48)(H,44,45)(H,49,50). The third-order valence-corrected chi connectivity index (χ3v) is 8.45. The number of aromatic nitrogens is 2. The van der Waals surface area contributed by atoms with Gasteiger partial charge in [0.1, 0.15) is 23.9 Å². The lowest BCUT2D eigenvalue weighted by Crippen LogP contribution is -2.58. The van der Waals surface area contributed by atoms with E-state index in [1.54, 1.807) is 12.4 Å². The van der Waals surface area contributed by atoms with E-state index in [1.807, 2.05) is 48.5 Å². The summed E-state index contributed by atoms with van der Waals surface area (Å²) in [4.78, 5) is 70.4. The van der Waals surface area contributed by atoms with Crippen LogP contribution in [0.4, 0.5) is 0 Å². The van der Waals surface area contributed by atoms with Crippen molar-refractivity contribution >= 4 is 51.5 Å². The fourth-order valence-corrected chi connectivity index (χ4v) is 5.79. The molecule has 10 N–H and O–H groups in total. The average Bonchev–Trinajstić information content (AvgIpc) is 3.70. The molecule has 4 unspecified atom stereocenters. The molecular formula is C36H38N6O8. The van der Waals surface area contributed by atoms with Gasteiger partial charge in [-0.05, 0) is 53.8 Å². The first-order chi connectivity index (χ1) is 24.0. The third kappa shape index (κ3) is 8.85. The summed E-state index contributed by atoms with van der Waals surface area (Å²) in [5, 5.41) is 38.0. The summed E-state index contributed by atoms with van der Waals surface area (Å²) in [7, 11) is 0. The van der Waals surface area contributed by atoms with E-state index in [-0.39, 0.29) is 31.4 Å². The maximum Gasteiger partial charge on any atom is 0.326 e. The molecule has 3 aromatic carbocycles. The second-order valence-corrected chi connectivity index (χ2v) is 12.1. The number of nitrogens with one attached hydrogen (secondary N) is 5. The highest BCUT2D eigenvalue weighted by Crippen LogP contribution is 2.21. The number of phenols is 1. The van der Waals surface area contributed by atoms with Crippen molar-refractivity contribution in [3.8, 4) is 5.75 Å². The van der Waals surface area contributed by atoms with Gasteiger partial charge in [0, 0.05) is 53.5 Å². The minimum absolute atomic E-state index is 0.0191. The van der Waals surface area contributed by atoms with E-state index in [2.05, 4.69) is 25.9 Å². The number of para-hydroxylation sites is 2. The Morgan fingerprint density at radius 3 is 1.70 bits per heavy atom. The number of nitrogens with two attached hydrogens (primary N) is 1. The van der Waals surface area contributed by atoms with Gasteiger partial charge in [0.25, 0.3) is 0 Å². The summed E-state index contributed by atoms with van der Waals surface area (Å²) in [6.45, 7) is 0. The first-order valence-corrected chi connectivity index (χ1v) is 16.0. The minimum Gasteiger partial charge on any atom is -0.508 e. The number of carboxylic acid groups (broad SMARTS) is 2. The zero-order valence-electron chi connectivity index (χ0n) is 26.9. The van der Waals surface area contributed by atoms with Crippen LogP contribution in [0.15, 0.2) is 85.2 Å². The molecule has 5 rings (SSSR count). The van der Waals surface area contributed by atoms with Crippen molar-refractivity contribution in [3.05, 3.63) is 102 Å². The summed E-state index contributed by atoms with van der Waals surface area (Å²) < 4.78 is 0. The topological polar surface area (TPSA) is 240 Å². The van der Waals surface area contributed by atoms with Crippen LogP contribution >= 0.6 is 0 Å². The van der Waals surface area contributed by atoms with Crippen molar-refractivity contribution in [3.63, 3.8) is 0 Å². The number of hydrogen-bond donors (Lipinski definition) is 9. The molecule has 0 radical (unpaired) electrons. The number of phenolic OH excluding ortho intramolecular Hbond substituents is 1. The number of H-pyrrole nitrogens is 2. The van der Waals surface area contributed by atoms with Crippen LogP contribution in [0.5, 0.6) is 5.75 Å². The number of benzene rings is 3. The number of amides is 3. The molecule has 3 amide bonds. The number of carboxylic acids is 2. The van der Waals surface area contributed by atoms with Crippen molar-refractivity contribution in [2.24, 2.45) is 5.73 Å². The molecule has 0 bridgehead atoms. The summed E-state index contributed by atoms with van der Waals surface area (Å²) >= 11 is 0. The Morgan fingerprint density at radius 2 is 1.14 bits per heavy atom. The predicted molar refractivity (Wildman–Crippen MR) is 184 cm³/mol. The van der Waals surface area contributed by atoms with Gasteiger partial charge in [0.05, 0.1) is 6.04 Å². The smallest absolute Gasteiger partial charge is 0.326 e. The summed E-state index contributed by atoms with van der Waals surface area (Å²) in [6.07, 6.45) is 2.69. The molecule has 0 aliphatic carbocycles. The SMILES string of the molecule is NC(Cc1c[nH]c2ccccc12)C(=O)NC(Cc1c[nH]c2ccccc12)C(=O)NC(Cc1ccc(O)cc1)C(=O)NC(CCC(=O)O)C(=O)O. The van der Waals surface area contributed by atoms with Crippen LogP contribution in [0.3, 0.4) is 0 Å². The van der Waals surface area contributed by atoms with E-state index in [0.29, 0.717) is 11.1 Å². The third-order valence-electron chi connectivity index (χ3n) is 8.45. The van der Waals surface area contributed by atoms with Crippen molar-refractivity contribution < 1.29 is 39.3 Å². The molecular weight excluding hydrogens is 644 g/mol. The van der Waals surface area contributed by atoms with Gasteiger partial charge in [-0.15, -0.1) is 0 Å². The van der Waals surface area contributed by atoms with Gasteiger partial charge in [-0.2, -0.15) is 0 Å². The first-order valence-electron chi connectivity index (χ1n) is 16.0. The van der Waals surface area contributed by atoms with E-state index in [0.717, 1.165) is 27.4 Å². The molecule has 0 saturated heterocycles. The molecule has 5 aromatic rings. The van der Waals surface area contributed by atoms with Gasteiger partial charge in [-0.3, -0.25) is 19.2 Å². The molecule has 2 heterocycles. The molecule has 0 saturated carbocycles. The van der Waals surface area contributed by atoms with Crippen LogP contribution in [-0.4, -0.2) is 79.1 Å². The van der Waals surface area contributed by atoms with Gasteiger partial charge in [-0.25, -0.2) is 4.79 Å². The Morgan fingerprint density at radius 1 is 0.640 bits per heavy atom. The van der Waals surface area contributed by atoms with E-state index in [4.69, 9.17) is 10.8 Å². The number of carbonyl (C=O) groups is 5. The van der Waals surface area contributed by atoms with Crippen LogP contribution in [0.25, 0.3) is 21.8 Å². The highest BCUT2D eigenvalue weighted by Gasteiger charge is 2.31. The number of aromatic amines is 2. The highest BCUT2D eigenvalue weighted by atomic mass is 16.4. The number of rotatable bonds is 16. The number of aromatic hydroxyl groups is 1. The van der Waals surface area contributed by atoms with Gasteiger partial charge < -0.3 is 47.0 Å². The van der Waals surface area contributed by atoms with Crippen LogP contribution in [0.1, 0.15) is 29.5 Å². The summed E-state index contributed by atoms with van der Waals surface area (Å²) in [5.41, 5.74) is 10.1. The van der Waals surface area contributed by atoms with E-state index in [1.165, 1.54) is 24.3 Å². The van der Waals surface area contributed by atoms with Crippen molar-refractivity contribution in [2.45, 2.75) is 56.3 Å². The molecule has 2 aromatic heterocycles. The van der Waals surface area contributed by atoms with E-state index < -0.39 is 60.2 Å². The fourth-order valence-electron chi connectivity index (χ4n) is 5.79. The monoisotopic (exact) mass is 682 g/mol. The minimum atomic E-state index is -1.54. The van der Waals surface area contributed by atoms with Crippen molar-refractivity contribution in [2.75, 3.05) is 0 Å². The molecule has 260 valence electrons. The Hall–Kier alpha value is -6.15. The quantitative estimate of drug-likeness (QED) is 0.0739. The van der Waals surface area contributed by atoms with Crippen LogP contribution in [0.2, 0.25) is 0 Å². The lowest BCUT2D eigenvalue weighted by atomic mass is 10.0. The molecule has 14 heteroatoms. The van der Waals surface area contributed by atoms with E-state index in [9.17, 15) is 34.2 Å².